The Morgan fingerprint density at radius 3 is 3.00 bits per heavy atom. The highest BCUT2D eigenvalue weighted by molar-refractivity contribution is 5.47. The summed E-state index contributed by atoms with van der Waals surface area (Å²) < 4.78 is 0. The molecule has 2 rings (SSSR count). The van der Waals surface area contributed by atoms with Crippen molar-refractivity contribution in [3.05, 3.63) is 23.4 Å². The van der Waals surface area contributed by atoms with Crippen LogP contribution in [-0.2, 0) is 0 Å². The average molecular weight is 244 g/mol. The molecule has 1 saturated heterocycles. The van der Waals surface area contributed by atoms with Gasteiger partial charge >= 0.3 is 0 Å². The molecule has 2 N–H and O–H groups in total. The van der Waals surface area contributed by atoms with E-state index in [-0.39, 0.29) is 0 Å². The van der Waals surface area contributed by atoms with Crippen LogP contribution in [0.5, 0.6) is 0 Å². The molecule has 96 valence electrons. The summed E-state index contributed by atoms with van der Waals surface area (Å²) in [6, 6.07) is 6.21. The van der Waals surface area contributed by atoms with Gasteiger partial charge in [0, 0.05) is 24.8 Å². The van der Waals surface area contributed by atoms with Crippen LogP contribution < -0.4 is 10.6 Å². The zero-order chi connectivity index (χ0) is 13.1. The first-order chi connectivity index (χ1) is 8.63. The van der Waals surface area contributed by atoms with Gasteiger partial charge in [-0.05, 0) is 37.8 Å². The van der Waals surface area contributed by atoms with Crippen molar-refractivity contribution in [3.8, 4) is 6.07 Å². The smallest absolute Gasteiger partial charge is 0.130 e. The Morgan fingerprint density at radius 1 is 1.56 bits per heavy atom. The maximum absolute atomic E-state index is 9.03. The molecule has 0 aromatic carbocycles. The average Bonchev–Trinajstić information content (AvgIpc) is 2.37. The highest BCUT2D eigenvalue weighted by atomic mass is 15.2. The maximum atomic E-state index is 9.03. The molecule has 0 spiro atoms. The fraction of sp³-hybridized carbons (Fsp3) is 0.571. The largest absolute Gasteiger partial charge is 0.352 e. The van der Waals surface area contributed by atoms with Gasteiger partial charge in [-0.3, -0.25) is 0 Å². The van der Waals surface area contributed by atoms with Gasteiger partial charge in [-0.1, -0.05) is 6.92 Å². The fourth-order valence-corrected chi connectivity index (χ4v) is 2.64. The Hall–Kier alpha value is -1.60. The van der Waals surface area contributed by atoms with E-state index in [0.29, 0.717) is 18.2 Å². The molecular formula is C14H20N4. The number of nitrogens with two attached hydrogens (primary N) is 1. The van der Waals surface area contributed by atoms with Crippen molar-refractivity contribution in [1.29, 1.82) is 5.26 Å². The Morgan fingerprint density at radius 2 is 2.33 bits per heavy atom. The minimum absolute atomic E-state index is 0.342. The van der Waals surface area contributed by atoms with E-state index in [1.54, 1.807) is 0 Å². The number of nitrogens with zero attached hydrogens (tertiary/aromatic N) is 3. The number of rotatable bonds is 2. The second-order valence-electron chi connectivity index (χ2n) is 5.18. The molecule has 0 radical (unpaired) electrons. The van der Waals surface area contributed by atoms with Crippen molar-refractivity contribution in [1.82, 2.24) is 4.98 Å². The van der Waals surface area contributed by atoms with Gasteiger partial charge in [-0.15, -0.1) is 0 Å². The maximum Gasteiger partial charge on any atom is 0.130 e. The SMILES string of the molecule is Cc1cc(C#N)cc(N2CCC(C)CC2CN)n1. The van der Waals surface area contributed by atoms with Crippen molar-refractivity contribution in [2.75, 3.05) is 18.0 Å². The predicted octanol–water partition coefficient (Wildman–Crippen LogP) is 1.83. The number of anilines is 1. The number of piperidine rings is 1. The summed E-state index contributed by atoms with van der Waals surface area (Å²) in [5.41, 5.74) is 7.43. The first kappa shape index (κ1) is 12.8. The van der Waals surface area contributed by atoms with Gasteiger partial charge in [-0.2, -0.15) is 5.26 Å². The highest BCUT2D eigenvalue weighted by Gasteiger charge is 2.26. The number of pyridine rings is 1. The van der Waals surface area contributed by atoms with Crippen molar-refractivity contribution >= 4 is 5.82 Å². The van der Waals surface area contributed by atoms with Crippen molar-refractivity contribution in [2.45, 2.75) is 32.7 Å². The molecule has 1 aromatic rings. The van der Waals surface area contributed by atoms with Crippen molar-refractivity contribution in [2.24, 2.45) is 11.7 Å². The lowest BCUT2D eigenvalue weighted by molar-refractivity contribution is 0.365. The summed E-state index contributed by atoms with van der Waals surface area (Å²) in [6.45, 7) is 5.81. The summed E-state index contributed by atoms with van der Waals surface area (Å²) in [6.07, 6.45) is 2.27. The molecule has 2 unspecified atom stereocenters. The predicted molar refractivity (Wildman–Crippen MR) is 72.3 cm³/mol. The van der Waals surface area contributed by atoms with Gasteiger partial charge in [0.15, 0.2) is 0 Å². The first-order valence-corrected chi connectivity index (χ1v) is 6.49. The molecule has 0 bridgehead atoms. The Bertz CT molecular complexity index is 463. The van der Waals surface area contributed by atoms with Gasteiger partial charge in [-0.25, -0.2) is 4.98 Å². The van der Waals surface area contributed by atoms with Gasteiger partial charge < -0.3 is 10.6 Å². The van der Waals surface area contributed by atoms with E-state index in [2.05, 4.69) is 22.9 Å². The molecule has 1 aromatic heterocycles. The normalized spacial score (nSPS) is 23.8. The van der Waals surface area contributed by atoms with Crippen LogP contribution in [0.3, 0.4) is 0 Å². The first-order valence-electron chi connectivity index (χ1n) is 6.49. The summed E-state index contributed by atoms with van der Waals surface area (Å²) >= 11 is 0. The van der Waals surface area contributed by atoms with Crippen LogP contribution in [0.4, 0.5) is 5.82 Å². The second kappa shape index (κ2) is 5.36. The molecular weight excluding hydrogens is 224 g/mol. The van der Waals surface area contributed by atoms with Crippen LogP contribution in [0.15, 0.2) is 12.1 Å². The van der Waals surface area contributed by atoms with E-state index in [0.717, 1.165) is 36.8 Å². The highest BCUT2D eigenvalue weighted by Crippen LogP contribution is 2.27. The van der Waals surface area contributed by atoms with E-state index in [1.165, 1.54) is 0 Å². The Kier molecular flexibility index (Phi) is 3.83. The van der Waals surface area contributed by atoms with Crippen LogP contribution in [0, 0.1) is 24.2 Å². The third-order valence-corrected chi connectivity index (χ3v) is 3.61. The molecule has 18 heavy (non-hydrogen) atoms. The molecule has 0 saturated carbocycles. The topological polar surface area (TPSA) is 65.9 Å². The number of aromatic nitrogens is 1. The van der Waals surface area contributed by atoms with E-state index in [9.17, 15) is 0 Å². The van der Waals surface area contributed by atoms with Gasteiger partial charge in [0.2, 0.25) is 0 Å². The third-order valence-electron chi connectivity index (χ3n) is 3.61. The van der Waals surface area contributed by atoms with Crippen molar-refractivity contribution < 1.29 is 0 Å². The van der Waals surface area contributed by atoms with Gasteiger partial charge in [0.1, 0.15) is 5.82 Å². The Balaban J connectivity index is 2.30. The van der Waals surface area contributed by atoms with Crippen LogP contribution in [0.25, 0.3) is 0 Å². The van der Waals surface area contributed by atoms with Crippen LogP contribution in [-0.4, -0.2) is 24.1 Å². The van der Waals surface area contributed by atoms with Crippen molar-refractivity contribution in [3.63, 3.8) is 0 Å². The summed E-state index contributed by atoms with van der Waals surface area (Å²) in [5, 5.41) is 9.03. The van der Waals surface area contributed by atoms with E-state index in [4.69, 9.17) is 11.0 Å². The molecule has 4 nitrogen and oxygen atoms in total. The monoisotopic (exact) mass is 244 g/mol. The lowest BCUT2D eigenvalue weighted by atomic mass is 9.92. The van der Waals surface area contributed by atoms with Crippen LogP contribution in [0.1, 0.15) is 31.0 Å². The minimum Gasteiger partial charge on any atom is -0.352 e. The zero-order valence-corrected chi connectivity index (χ0v) is 11.1. The number of hydrogen-bond acceptors (Lipinski definition) is 4. The number of hydrogen-bond donors (Lipinski definition) is 1. The summed E-state index contributed by atoms with van der Waals surface area (Å²) in [7, 11) is 0. The molecule has 2 atom stereocenters. The second-order valence-corrected chi connectivity index (χ2v) is 5.18. The zero-order valence-electron chi connectivity index (χ0n) is 11.1. The minimum atomic E-state index is 0.342. The lowest BCUT2D eigenvalue weighted by Gasteiger charge is -2.39. The molecule has 1 aliphatic rings. The van der Waals surface area contributed by atoms with Gasteiger partial charge in [0.05, 0.1) is 11.6 Å². The number of nitriles is 1. The van der Waals surface area contributed by atoms with E-state index in [1.807, 2.05) is 19.1 Å². The molecule has 0 amide bonds. The molecule has 4 heteroatoms. The number of aryl methyl sites for hydroxylation is 1. The molecule has 2 heterocycles. The summed E-state index contributed by atoms with van der Waals surface area (Å²) in [5.74, 6) is 1.61. The standard InChI is InChI=1S/C14H20N4/c1-10-3-4-18(13(5-10)9-16)14-7-12(8-15)6-11(2)17-14/h6-7,10,13H,3-5,9,16H2,1-2H3. The fourth-order valence-electron chi connectivity index (χ4n) is 2.64. The Labute approximate surface area is 108 Å². The third kappa shape index (κ3) is 2.62. The van der Waals surface area contributed by atoms with Crippen LogP contribution >= 0.6 is 0 Å². The van der Waals surface area contributed by atoms with E-state index < -0.39 is 0 Å². The molecule has 1 aliphatic heterocycles. The van der Waals surface area contributed by atoms with E-state index >= 15 is 0 Å². The summed E-state index contributed by atoms with van der Waals surface area (Å²) in [4.78, 5) is 6.81. The van der Waals surface area contributed by atoms with Crippen LogP contribution in [0.2, 0.25) is 0 Å². The quantitative estimate of drug-likeness (QED) is 0.862. The molecule has 0 aliphatic carbocycles. The lowest BCUT2D eigenvalue weighted by Crippen LogP contribution is -2.46. The van der Waals surface area contributed by atoms with Gasteiger partial charge in [0.25, 0.3) is 0 Å². The molecule has 1 fully saturated rings.